The quantitative estimate of drug-likeness (QED) is 0.758. The van der Waals surface area contributed by atoms with Crippen molar-refractivity contribution in [2.24, 2.45) is 0 Å². The number of hydrogen-bond donors (Lipinski definition) is 1. The van der Waals surface area contributed by atoms with Gasteiger partial charge in [-0.1, -0.05) is 24.3 Å². The maximum Gasteiger partial charge on any atom is 0.0501 e. The number of hydrogen-bond acceptors (Lipinski definition) is 1. The molecular formula is C18H20N2. The first-order chi connectivity index (χ1) is 9.70. The molecule has 1 aromatic carbocycles. The lowest BCUT2D eigenvalue weighted by Crippen LogP contribution is -2.05. The topological polar surface area (TPSA) is 16.4 Å². The fourth-order valence-corrected chi connectivity index (χ4v) is 2.70. The van der Waals surface area contributed by atoms with E-state index in [9.17, 15) is 0 Å². The van der Waals surface area contributed by atoms with Gasteiger partial charge in [0.2, 0.25) is 0 Å². The molecule has 0 aliphatic rings. The highest BCUT2D eigenvalue weighted by atomic mass is 14.9. The number of pyridine rings is 1. The lowest BCUT2D eigenvalue weighted by Gasteiger charge is -2.07. The molecule has 0 saturated carbocycles. The first-order valence-corrected chi connectivity index (χ1v) is 7.01. The molecule has 0 unspecified atom stereocenters. The molecule has 0 atom stereocenters. The Bertz CT molecular complexity index is 753. The molecule has 0 saturated heterocycles. The van der Waals surface area contributed by atoms with Gasteiger partial charge in [0.15, 0.2) is 0 Å². The number of nitrogens with zero attached hydrogens (tertiary/aromatic N) is 1. The molecule has 0 spiro atoms. The smallest absolute Gasteiger partial charge is 0.0501 e. The standard InChI is InChI=1S/C18H20N2/c1-13-7-8-15(10-14(13)2)17-12-20-9-5-4-6-18(20)16(17)11-19-3/h4-10,12,19H,11H2,1-3H3. The normalized spacial score (nSPS) is 11.2. The van der Waals surface area contributed by atoms with Crippen LogP contribution < -0.4 is 5.32 Å². The van der Waals surface area contributed by atoms with E-state index in [1.165, 1.54) is 33.3 Å². The largest absolute Gasteiger partial charge is 0.323 e. The molecule has 102 valence electrons. The molecule has 0 amide bonds. The third-order valence-electron chi connectivity index (χ3n) is 3.96. The molecule has 2 aromatic heterocycles. The Morgan fingerprint density at radius 3 is 2.65 bits per heavy atom. The Balaban J connectivity index is 2.23. The van der Waals surface area contributed by atoms with Crippen LogP contribution in [0.4, 0.5) is 0 Å². The van der Waals surface area contributed by atoms with Crippen LogP contribution in [0.3, 0.4) is 0 Å². The van der Waals surface area contributed by atoms with Gasteiger partial charge in [0.05, 0.1) is 5.52 Å². The number of fused-ring (bicyclic) bond motifs is 1. The summed E-state index contributed by atoms with van der Waals surface area (Å²) in [5.41, 5.74) is 7.92. The van der Waals surface area contributed by atoms with Crippen LogP contribution in [0.15, 0.2) is 48.8 Å². The summed E-state index contributed by atoms with van der Waals surface area (Å²) in [4.78, 5) is 0. The summed E-state index contributed by atoms with van der Waals surface area (Å²) in [6, 6.07) is 13.0. The van der Waals surface area contributed by atoms with E-state index < -0.39 is 0 Å². The summed E-state index contributed by atoms with van der Waals surface area (Å²) in [6.45, 7) is 5.21. The number of aromatic nitrogens is 1. The molecule has 2 heterocycles. The van der Waals surface area contributed by atoms with Crippen molar-refractivity contribution in [1.82, 2.24) is 9.72 Å². The van der Waals surface area contributed by atoms with Crippen LogP contribution in [0.5, 0.6) is 0 Å². The van der Waals surface area contributed by atoms with Crippen molar-refractivity contribution in [2.45, 2.75) is 20.4 Å². The van der Waals surface area contributed by atoms with Crippen molar-refractivity contribution in [3.8, 4) is 11.1 Å². The van der Waals surface area contributed by atoms with Crippen LogP contribution in [0.25, 0.3) is 16.6 Å². The van der Waals surface area contributed by atoms with Crippen LogP contribution in [0.2, 0.25) is 0 Å². The molecule has 0 aliphatic carbocycles. The highest BCUT2D eigenvalue weighted by molar-refractivity contribution is 5.77. The van der Waals surface area contributed by atoms with Gasteiger partial charge >= 0.3 is 0 Å². The highest BCUT2D eigenvalue weighted by Gasteiger charge is 2.11. The molecule has 0 bridgehead atoms. The van der Waals surface area contributed by atoms with Gasteiger partial charge < -0.3 is 9.72 Å². The Morgan fingerprint density at radius 2 is 1.90 bits per heavy atom. The number of aryl methyl sites for hydroxylation is 2. The predicted molar refractivity (Wildman–Crippen MR) is 85.1 cm³/mol. The molecule has 0 aliphatic heterocycles. The van der Waals surface area contributed by atoms with Crippen LogP contribution in [0, 0.1) is 13.8 Å². The summed E-state index contributed by atoms with van der Waals surface area (Å²) in [6.07, 6.45) is 4.34. The van der Waals surface area contributed by atoms with E-state index in [-0.39, 0.29) is 0 Å². The molecule has 0 fully saturated rings. The number of rotatable bonds is 3. The van der Waals surface area contributed by atoms with Crippen LogP contribution in [0.1, 0.15) is 16.7 Å². The minimum Gasteiger partial charge on any atom is -0.323 e. The van der Waals surface area contributed by atoms with Gasteiger partial charge in [-0.2, -0.15) is 0 Å². The van der Waals surface area contributed by atoms with Gasteiger partial charge in [-0.3, -0.25) is 0 Å². The number of nitrogens with one attached hydrogen (secondary N) is 1. The van der Waals surface area contributed by atoms with Gasteiger partial charge in [-0.25, -0.2) is 0 Å². The Labute approximate surface area is 120 Å². The molecule has 20 heavy (non-hydrogen) atoms. The van der Waals surface area contributed by atoms with Crippen LogP contribution >= 0.6 is 0 Å². The zero-order valence-corrected chi connectivity index (χ0v) is 12.3. The van der Waals surface area contributed by atoms with Crippen molar-refractivity contribution < 1.29 is 0 Å². The van der Waals surface area contributed by atoms with Crippen molar-refractivity contribution in [2.75, 3.05) is 7.05 Å². The van der Waals surface area contributed by atoms with Crippen molar-refractivity contribution in [3.05, 3.63) is 65.5 Å². The molecule has 2 nitrogen and oxygen atoms in total. The Morgan fingerprint density at radius 1 is 1.05 bits per heavy atom. The van der Waals surface area contributed by atoms with Gasteiger partial charge in [0.1, 0.15) is 0 Å². The van der Waals surface area contributed by atoms with Crippen LogP contribution in [-0.2, 0) is 6.54 Å². The SMILES string of the molecule is CNCc1c(-c2ccc(C)c(C)c2)cn2ccccc12. The lowest BCUT2D eigenvalue weighted by atomic mass is 9.99. The van der Waals surface area contributed by atoms with E-state index in [0.717, 1.165) is 6.54 Å². The highest BCUT2D eigenvalue weighted by Crippen LogP contribution is 2.30. The maximum absolute atomic E-state index is 3.29. The van der Waals surface area contributed by atoms with Gasteiger partial charge in [0, 0.05) is 24.5 Å². The first-order valence-electron chi connectivity index (χ1n) is 7.01. The Hall–Kier alpha value is -2.06. The third-order valence-corrected chi connectivity index (χ3v) is 3.96. The molecule has 1 N–H and O–H groups in total. The molecular weight excluding hydrogens is 244 g/mol. The summed E-state index contributed by atoms with van der Waals surface area (Å²) in [7, 11) is 2.00. The molecule has 3 rings (SSSR count). The van der Waals surface area contributed by atoms with E-state index >= 15 is 0 Å². The zero-order valence-electron chi connectivity index (χ0n) is 12.3. The number of benzene rings is 1. The lowest BCUT2D eigenvalue weighted by molar-refractivity contribution is 0.825. The van der Waals surface area contributed by atoms with Gasteiger partial charge in [-0.15, -0.1) is 0 Å². The van der Waals surface area contributed by atoms with Gasteiger partial charge in [0.25, 0.3) is 0 Å². The van der Waals surface area contributed by atoms with Crippen molar-refractivity contribution in [3.63, 3.8) is 0 Å². The summed E-state index contributed by atoms with van der Waals surface area (Å²) in [5, 5.41) is 3.29. The third kappa shape index (κ3) is 2.12. The monoisotopic (exact) mass is 264 g/mol. The van der Waals surface area contributed by atoms with Crippen LogP contribution in [-0.4, -0.2) is 11.4 Å². The average molecular weight is 264 g/mol. The maximum atomic E-state index is 3.29. The van der Waals surface area contributed by atoms with E-state index in [2.05, 4.69) is 72.4 Å². The Kier molecular flexibility index (Phi) is 3.33. The summed E-state index contributed by atoms with van der Waals surface area (Å²) < 4.78 is 2.21. The predicted octanol–water partition coefficient (Wildman–Crippen LogP) is 3.94. The summed E-state index contributed by atoms with van der Waals surface area (Å²) >= 11 is 0. The molecule has 0 radical (unpaired) electrons. The first kappa shape index (κ1) is 12.9. The van der Waals surface area contributed by atoms with E-state index in [1.807, 2.05) is 7.05 Å². The fourth-order valence-electron chi connectivity index (χ4n) is 2.70. The second kappa shape index (κ2) is 5.14. The minimum atomic E-state index is 0.878. The molecule has 3 aromatic rings. The van der Waals surface area contributed by atoms with E-state index in [4.69, 9.17) is 0 Å². The second-order valence-electron chi connectivity index (χ2n) is 5.34. The second-order valence-corrected chi connectivity index (χ2v) is 5.34. The zero-order chi connectivity index (χ0) is 14.1. The van der Waals surface area contributed by atoms with Crippen molar-refractivity contribution in [1.29, 1.82) is 0 Å². The molecule has 2 heteroatoms. The van der Waals surface area contributed by atoms with Gasteiger partial charge in [-0.05, 0) is 55.3 Å². The fraction of sp³-hybridized carbons (Fsp3) is 0.222. The van der Waals surface area contributed by atoms with E-state index in [0.29, 0.717) is 0 Å². The summed E-state index contributed by atoms with van der Waals surface area (Å²) in [5.74, 6) is 0. The average Bonchev–Trinajstić information content (AvgIpc) is 2.82. The minimum absolute atomic E-state index is 0.878. The van der Waals surface area contributed by atoms with Crippen molar-refractivity contribution >= 4 is 5.52 Å². The van der Waals surface area contributed by atoms with E-state index in [1.54, 1.807) is 0 Å².